The molecule has 0 spiro atoms. The van der Waals surface area contributed by atoms with Crippen LogP contribution < -0.4 is 9.47 Å². The Morgan fingerprint density at radius 1 is 1.04 bits per heavy atom. The van der Waals surface area contributed by atoms with Crippen LogP contribution in [0, 0.1) is 0 Å². The Labute approximate surface area is 163 Å². The number of hydrogen-bond donors (Lipinski definition) is 0. The molecule has 0 N–H and O–H groups in total. The van der Waals surface area contributed by atoms with E-state index in [1.165, 1.54) is 31.2 Å². The van der Waals surface area contributed by atoms with Gasteiger partial charge in [-0.25, -0.2) is 0 Å². The number of halogens is 1. The van der Waals surface area contributed by atoms with Crippen molar-refractivity contribution in [2.45, 2.75) is 44.2 Å². The summed E-state index contributed by atoms with van der Waals surface area (Å²) in [6.07, 6.45) is 6.27. The summed E-state index contributed by atoms with van der Waals surface area (Å²) in [6, 6.07) is 6.65. The number of ether oxygens (including phenoxy) is 4. The first kappa shape index (κ1) is 21.3. The van der Waals surface area contributed by atoms with Gasteiger partial charge in [-0.15, -0.1) is 12.4 Å². The molecule has 6 heteroatoms. The van der Waals surface area contributed by atoms with E-state index < -0.39 is 0 Å². The molecule has 2 atom stereocenters. The highest BCUT2D eigenvalue weighted by atomic mass is 35.5. The van der Waals surface area contributed by atoms with E-state index in [1.807, 2.05) is 12.1 Å². The fraction of sp³-hybridized carbons (Fsp3) is 0.700. The molecule has 2 aliphatic rings. The third-order valence-electron chi connectivity index (χ3n) is 5.35. The van der Waals surface area contributed by atoms with Crippen LogP contribution in [0.2, 0.25) is 0 Å². The van der Waals surface area contributed by atoms with Gasteiger partial charge in [-0.1, -0.05) is 18.9 Å². The Balaban J connectivity index is 0.00000243. The number of methoxy groups -OCH3 is 2. The van der Waals surface area contributed by atoms with E-state index >= 15 is 0 Å². The first-order chi connectivity index (χ1) is 12.3. The third-order valence-corrected chi connectivity index (χ3v) is 5.35. The maximum Gasteiger partial charge on any atom is 0.160 e. The monoisotopic (exact) mass is 385 g/mol. The Morgan fingerprint density at radius 2 is 1.77 bits per heavy atom. The van der Waals surface area contributed by atoms with Gasteiger partial charge in [0, 0.05) is 19.1 Å². The van der Waals surface area contributed by atoms with Gasteiger partial charge in [0.1, 0.15) is 0 Å². The summed E-state index contributed by atoms with van der Waals surface area (Å²) < 4.78 is 22.5. The van der Waals surface area contributed by atoms with Crippen molar-refractivity contribution in [2.24, 2.45) is 0 Å². The van der Waals surface area contributed by atoms with Crippen molar-refractivity contribution in [1.82, 2.24) is 4.90 Å². The summed E-state index contributed by atoms with van der Waals surface area (Å²) in [6.45, 7) is 4.55. The molecule has 1 aromatic carbocycles. The predicted octanol–water partition coefficient (Wildman–Crippen LogP) is 3.33. The lowest BCUT2D eigenvalue weighted by Crippen LogP contribution is -2.51. The molecule has 1 aromatic rings. The molecule has 0 radical (unpaired) electrons. The van der Waals surface area contributed by atoms with Crippen LogP contribution in [-0.4, -0.2) is 64.2 Å². The van der Waals surface area contributed by atoms with Crippen LogP contribution in [0.3, 0.4) is 0 Å². The minimum Gasteiger partial charge on any atom is -0.493 e. The lowest BCUT2D eigenvalue weighted by molar-refractivity contribution is -0.0647. The van der Waals surface area contributed by atoms with Crippen LogP contribution in [0.4, 0.5) is 0 Å². The molecule has 1 aliphatic heterocycles. The van der Waals surface area contributed by atoms with E-state index in [0.29, 0.717) is 12.1 Å². The molecule has 1 saturated heterocycles. The SMILES string of the molecule is COc1ccc(CCO[C@H]2CCCC[C@@H]2N2CCOCC2)cc1OC.Cl. The molecular formula is C20H32ClNO4. The zero-order valence-electron chi connectivity index (χ0n) is 15.9. The minimum absolute atomic E-state index is 0. The number of benzene rings is 1. The fourth-order valence-corrected chi connectivity index (χ4v) is 3.96. The first-order valence-electron chi connectivity index (χ1n) is 9.46. The van der Waals surface area contributed by atoms with Crippen LogP contribution in [0.15, 0.2) is 18.2 Å². The second-order valence-electron chi connectivity index (χ2n) is 6.85. The van der Waals surface area contributed by atoms with Gasteiger partial charge in [-0.2, -0.15) is 0 Å². The Morgan fingerprint density at radius 3 is 2.50 bits per heavy atom. The fourth-order valence-electron chi connectivity index (χ4n) is 3.96. The van der Waals surface area contributed by atoms with Gasteiger partial charge in [0.15, 0.2) is 11.5 Å². The normalized spacial score (nSPS) is 23.9. The molecule has 2 fully saturated rings. The third kappa shape index (κ3) is 5.49. The molecule has 3 rings (SSSR count). The van der Waals surface area contributed by atoms with Crippen molar-refractivity contribution in [3.05, 3.63) is 23.8 Å². The Hall–Kier alpha value is -1.01. The molecule has 1 aliphatic carbocycles. The van der Waals surface area contributed by atoms with Crippen molar-refractivity contribution in [3.63, 3.8) is 0 Å². The summed E-state index contributed by atoms with van der Waals surface area (Å²) in [5.74, 6) is 1.55. The maximum absolute atomic E-state index is 6.33. The molecule has 0 aromatic heterocycles. The van der Waals surface area contributed by atoms with Crippen LogP contribution in [0.1, 0.15) is 31.2 Å². The van der Waals surface area contributed by atoms with E-state index in [-0.39, 0.29) is 12.4 Å². The number of hydrogen-bond acceptors (Lipinski definition) is 5. The second-order valence-corrected chi connectivity index (χ2v) is 6.85. The number of rotatable bonds is 7. The standard InChI is InChI=1S/C20H31NO4.ClH/c1-22-19-8-7-16(15-20(19)23-2)9-12-25-18-6-4-3-5-17(18)21-10-13-24-14-11-21;/h7-8,15,17-18H,3-6,9-14H2,1-2H3;1H/t17-,18-;/m0./s1. The lowest BCUT2D eigenvalue weighted by Gasteiger charge is -2.41. The average molecular weight is 386 g/mol. The summed E-state index contributed by atoms with van der Waals surface area (Å²) in [5, 5.41) is 0. The smallest absolute Gasteiger partial charge is 0.160 e. The van der Waals surface area contributed by atoms with Crippen molar-refractivity contribution < 1.29 is 18.9 Å². The van der Waals surface area contributed by atoms with E-state index in [4.69, 9.17) is 18.9 Å². The van der Waals surface area contributed by atoms with Crippen molar-refractivity contribution in [2.75, 3.05) is 47.1 Å². The quantitative estimate of drug-likeness (QED) is 0.720. The van der Waals surface area contributed by atoms with Gasteiger partial charge < -0.3 is 18.9 Å². The molecular weight excluding hydrogens is 354 g/mol. The highest BCUT2D eigenvalue weighted by Crippen LogP contribution is 2.29. The number of nitrogens with zero attached hydrogens (tertiary/aromatic N) is 1. The van der Waals surface area contributed by atoms with Gasteiger partial charge >= 0.3 is 0 Å². The van der Waals surface area contributed by atoms with E-state index in [9.17, 15) is 0 Å². The average Bonchev–Trinajstić information content (AvgIpc) is 2.69. The van der Waals surface area contributed by atoms with Gasteiger partial charge in [-0.05, 0) is 37.0 Å². The molecule has 26 heavy (non-hydrogen) atoms. The highest BCUT2D eigenvalue weighted by Gasteiger charge is 2.31. The van der Waals surface area contributed by atoms with Crippen molar-refractivity contribution in [3.8, 4) is 11.5 Å². The highest BCUT2D eigenvalue weighted by molar-refractivity contribution is 5.85. The van der Waals surface area contributed by atoms with Gasteiger partial charge in [-0.3, -0.25) is 4.90 Å². The largest absolute Gasteiger partial charge is 0.493 e. The maximum atomic E-state index is 6.33. The van der Waals surface area contributed by atoms with Crippen LogP contribution in [0.5, 0.6) is 11.5 Å². The predicted molar refractivity (Wildman–Crippen MR) is 105 cm³/mol. The van der Waals surface area contributed by atoms with Crippen molar-refractivity contribution in [1.29, 1.82) is 0 Å². The minimum atomic E-state index is 0. The van der Waals surface area contributed by atoms with E-state index in [1.54, 1.807) is 14.2 Å². The molecule has 1 saturated carbocycles. The van der Waals surface area contributed by atoms with E-state index in [0.717, 1.165) is 50.8 Å². The Bertz CT molecular complexity index is 537. The summed E-state index contributed by atoms with van der Waals surface area (Å²) in [4.78, 5) is 2.57. The first-order valence-corrected chi connectivity index (χ1v) is 9.46. The Kier molecular flexibility index (Phi) is 8.99. The number of morpholine rings is 1. The molecule has 0 bridgehead atoms. The van der Waals surface area contributed by atoms with Crippen LogP contribution in [0.25, 0.3) is 0 Å². The van der Waals surface area contributed by atoms with Crippen molar-refractivity contribution >= 4 is 12.4 Å². The summed E-state index contributed by atoms with van der Waals surface area (Å²) in [7, 11) is 3.34. The zero-order chi connectivity index (χ0) is 17.5. The van der Waals surface area contributed by atoms with Gasteiger partial charge in [0.2, 0.25) is 0 Å². The molecule has 0 amide bonds. The van der Waals surface area contributed by atoms with Crippen LogP contribution in [-0.2, 0) is 15.9 Å². The van der Waals surface area contributed by atoms with Crippen LogP contribution >= 0.6 is 12.4 Å². The van der Waals surface area contributed by atoms with Gasteiger partial charge in [0.05, 0.1) is 40.1 Å². The van der Waals surface area contributed by atoms with E-state index in [2.05, 4.69) is 11.0 Å². The zero-order valence-corrected chi connectivity index (χ0v) is 16.8. The molecule has 0 unspecified atom stereocenters. The summed E-state index contributed by atoms with van der Waals surface area (Å²) >= 11 is 0. The molecule has 148 valence electrons. The molecule has 5 nitrogen and oxygen atoms in total. The topological polar surface area (TPSA) is 40.2 Å². The second kappa shape index (κ2) is 11.0. The summed E-state index contributed by atoms with van der Waals surface area (Å²) in [5.41, 5.74) is 1.22. The molecule has 1 heterocycles. The lowest BCUT2D eigenvalue weighted by atomic mass is 9.91. The van der Waals surface area contributed by atoms with Gasteiger partial charge in [0.25, 0.3) is 0 Å².